The minimum absolute atomic E-state index is 0.278. The van der Waals surface area contributed by atoms with Crippen molar-refractivity contribution in [3.8, 4) is 0 Å². The van der Waals surface area contributed by atoms with Crippen molar-refractivity contribution in [3.05, 3.63) is 62.8 Å². The number of nitrogens with one attached hydrogen (secondary N) is 2. The fourth-order valence-electron chi connectivity index (χ4n) is 2.38. The van der Waals surface area contributed by atoms with E-state index in [1.165, 1.54) is 11.6 Å². The number of rotatable bonds is 4. The monoisotopic (exact) mass is 312 g/mol. The number of H-pyrrole nitrogens is 1. The van der Waals surface area contributed by atoms with Crippen molar-refractivity contribution >= 4 is 23.2 Å². The Labute approximate surface area is 130 Å². The van der Waals surface area contributed by atoms with Crippen LogP contribution in [0.5, 0.6) is 0 Å². The number of hydrogen-bond donors (Lipinski definition) is 3. The van der Waals surface area contributed by atoms with E-state index in [1.54, 1.807) is 4.57 Å². The number of aromatic amines is 1. The molecule has 8 nitrogen and oxygen atoms in total. The van der Waals surface area contributed by atoms with Gasteiger partial charge in [-0.15, -0.1) is 0 Å². The zero-order valence-corrected chi connectivity index (χ0v) is 12.5. The van der Waals surface area contributed by atoms with Gasteiger partial charge in [-0.2, -0.15) is 4.98 Å². The molecule has 0 spiro atoms. The van der Waals surface area contributed by atoms with Gasteiger partial charge in [-0.3, -0.25) is 24.3 Å². The van der Waals surface area contributed by atoms with Gasteiger partial charge in [-0.1, -0.05) is 42.5 Å². The summed E-state index contributed by atoms with van der Waals surface area (Å²) in [5, 5.41) is 0. The predicted molar refractivity (Wildman–Crippen MR) is 88.9 cm³/mol. The molecule has 8 heteroatoms. The largest absolute Gasteiger partial charge is 0.329 e. The highest BCUT2D eigenvalue weighted by Crippen LogP contribution is 2.14. The molecule has 0 fully saturated rings. The molecule has 2 heterocycles. The average molecular weight is 312 g/mol. The maximum absolute atomic E-state index is 12.1. The quantitative estimate of drug-likeness (QED) is 0.478. The molecule has 0 radical (unpaired) electrons. The second kappa shape index (κ2) is 5.93. The first-order chi connectivity index (χ1) is 11.1. The number of benzene rings is 1. The van der Waals surface area contributed by atoms with Gasteiger partial charge in [0.15, 0.2) is 11.2 Å². The van der Waals surface area contributed by atoms with Crippen LogP contribution in [-0.4, -0.2) is 19.1 Å². The smallest absolute Gasteiger partial charge is 0.299 e. The second-order valence-corrected chi connectivity index (χ2v) is 4.99. The lowest BCUT2D eigenvalue weighted by atomic mass is 10.2. The number of anilines is 1. The van der Waals surface area contributed by atoms with E-state index in [4.69, 9.17) is 5.84 Å². The molecule has 118 valence electrons. The Morgan fingerprint density at radius 1 is 1.30 bits per heavy atom. The topological polar surface area (TPSA) is 111 Å². The highest BCUT2D eigenvalue weighted by Gasteiger charge is 2.15. The molecular weight excluding hydrogens is 296 g/mol. The van der Waals surface area contributed by atoms with E-state index in [2.05, 4.69) is 15.4 Å². The van der Waals surface area contributed by atoms with Crippen LogP contribution in [0.3, 0.4) is 0 Å². The number of fused-ring (bicyclic) bond motifs is 1. The lowest BCUT2D eigenvalue weighted by Gasteiger charge is -2.04. The summed E-state index contributed by atoms with van der Waals surface area (Å²) in [6, 6.07) is 9.78. The lowest BCUT2D eigenvalue weighted by Crippen LogP contribution is -2.29. The standard InChI is InChI=1S/C15H16N6O2/c1-20-12-11(13(22)18-15(20)23)21(14(17-12)19-16)9-5-8-10-6-3-2-4-7-10/h2-8H,9,16H2,1H3,(H,17,19)(H,18,22,23). The molecule has 0 aliphatic carbocycles. The van der Waals surface area contributed by atoms with Gasteiger partial charge >= 0.3 is 5.69 Å². The first kappa shape index (κ1) is 14.8. The number of allylic oxidation sites excluding steroid dienone is 1. The van der Waals surface area contributed by atoms with Crippen molar-refractivity contribution in [3.63, 3.8) is 0 Å². The minimum atomic E-state index is -0.518. The number of nitrogens with two attached hydrogens (primary N) is 1. The molecule has 0 unspecified atom stereocenters. The SMILES string of the molecule is Cn1c(=O)[nH]c(=O)c2c1nc(NN)n2CC=Cc1ccccc1. The van der Waals surface area contributed by atoms with Gasteiger partial charge < -0.3 is 0 Å². The summed E-state index contributed by atoms with van der Waals surface area (Å²) in [6.45, 7) is 0.381. The number of nitrogen functional groups attached to an aromatic ring is 1. The van der Waals surface area contributed by atoms with Gasteiger partial charge in [0.05, 0.1) is 0 Å². The molecule has 0 bridgehead atoms. The molecule has 3 rings (SSSR count). The fourth-order valence-corrected chi connectivity index (χ4v) is 2.38. The second-order valence-electron chi connectivity index (χ2n) is 4.99. The Balaban J connectivity index is 2.06. The van der Waals surface area contributed by atoms with Gasteiger partial charge in [0, 0.05) is 13.6 Å². The molecule has 0 atom stereocenters. The van der Waals surface area contributed by atoms with Gasteiger partial charge in [0.2, 0.25) is 5.95 Å². The van der Waals surface area contributed by atoms with E-state index in [0.29, 0.717) is 12.5 Å². The van der Waals surface area contributed by atoms with Crippen LogP contribution in [0.2, 0.25) is 0 Å². The van der Waals surface area contributed by atoms with Gasteiger partial charge in [-0.25, -0.2) is 10.6 Å². The van der Waals surface area contributed by atoms with Gasteiger partial charge in [-0.05, 0) is 5.56 Å². The zero-order chi connectivity index (χ0) is 16.4. The Morgan fingerprint density at radius 2 is 2.04 bits per heavy atom. The number of imidazole rings is 1. The molecule has 3 aromatic rings. The molecule has 0 aliphatic rings. The number of aromatic nitrogens is 4. The number of hydrogen-bond acceptors (Lipinski definition) is 5. The van der Waals surface area contributed by atoms with Crippen molar-refractivity contribution in [2.24, 2.45) is 12.9 Å². The summed E-state index contributed by atoms with van der Waals surface area (Å²) in [5.41, 5.74) is 3.05. The third-order valence-electron chi connectivity index (χ3n) is 3.53. The van der Waals surface area contributed by atoms with E-state index < -0.39 is 11.2 Å². The molecule has 4 N–H and O–H groups in total. The third-order valence-corrected chi connectivity index (χ3v) is 3.53. The molecule has 2 aromatic heterocycles. The van der Waals surface area contributed by atoms with Gasteiger partial charge in [0.1, 0.15) is 0 Å². The van der Waals surface area contributed by atoms with Crippen LogP contribution in [0.25, 0.3) is 17.2 Å². The van der Waals surface area contributed by atoms with E-state index in [9.17, 15) is 9.59 Å². The molecule has 0 amide bonds. The van der Waals surface area contributed by atoms with E-state index in [1.807, 2.05) is 42.5 Å². The Morgan fingerprint density at radius 3 is 2.74 bits per heavy atom. The Bertz CT molecular complexity index is 981. The maximum Gasteiger partial charge on any atom is 0.329 e. The van der Waals surface area contributed by atoms with E-state index in [-0.39, 0.29) is 11.2 Å². The van der Waals surface area contributed by atoms with Crippen molar-refractivity contribution in [1.82, 2.24) is 19.1 Å². The molecule has 1 aromatic carbocycles. The summed E-state index contributed by atoms with van der Waals surface area (Å²) in [7, 11) is 1.54. The fraction of sp³-hybridized carbons (Fsp3) is 0.133. The number of nitrogens with zero attached hydrogens (tertiary/aromatic N) is 3. The van der Waals surface area contributed by atoms with Crippen molar-refractivity contribution in [1.29, 1.82) is 0 Å². The Kier molecular flexibility index (Phi) is 3.82. The first-order valence-electron chi connectivity index (χ1n) is 6.99. The molecular formula is C15H16N6O2. The van der Waals surface area contributed by atoms with Crippen LogP contribution in [-0.2, 0) is 13.6 Å². The maximum atomic E-state index is 12.1. The molecule has 0 saturated heterocycles. The molecule has 23 heavy (non-hydrogen) atoms. The normalized spacial score (nSPS) is 11.4. The average Bonchev–Trinajstić information content (AvgIpc) is 2.93. The summed E-state index contributed by atoms with van der Waals surface area (Å²) < 4.78 is 2.89. The van der Waals surface area contributed by atoms with E-state index in [0.717, 1.165) is 5.56 Å². The Hall–Kier alpha value is -3.13. The summed E-state index contributed by atoms with van der Waals surface area (Å²) in [6.07, 6.45) is 3.82. The first-order valence-corrected chi connectivity index (χ1v) is 6.99. The van der Waals surface area contributed by atoms with Crippen LogP contribution in [0.4, 0.5) is 5.95 Å². The lowest BCUT2D eigenvalue weighted by molar-refractivity contribution is 0.819. The molecule has 0 saturated carbocycles. The van der Waals surface area contributed by atoms with Crippen molar-refractivity contribution < 1.29 is 0 Å². The number of aryl methyl sites for hydroxylation is 1. The van der Waals surface area contributed by atoms with Crippen LogP contribution in [0, 0.1) is 0 Å². The van der Waals surface area contributed by atoms with Crippen LogP contribution in [0.1, 0.15) is 5.56 Å². The highest BCUT2D eigenvalue weighted by molar-refractivity contribution is 5.74. The van der Waals surface area contributed by atoms with Crippen molar-refractivity contribution in [2.45, 2.75) is 6.54 Å². The highest BCUT2D eigenvalue weighted by atomic mass is 16.2. The summed E-state index contributed by atoms with van der Waals surface area (Å²) in [4.78, 5) is 30.2. The van der Waals surface area contributed by atoms with E-state index >= 15 is 0 Å². The van der Waals surface area contributed by atoms with Crippen molar-refractivity contribution in [2.75, 3.05) is 5.43 Å². The zero-order valence-electron chi connectivity index (χ0n) is 12.5. The summed E-state index contributed by atoms with van der Waals surface area (Å²) in [5.74, 6) is 5.79. The van der Waals surface area contributed by atoms with Crippen LogP contribution < -0.4 is 22.5 Å². The van der Waals surface area contributed by atoms with Crippen LogP contribution in [0.15, 0.2) is 46.0 Å². The minimum Gasteiger partial charge on any atom is -0.299 e. The number of hydrazine groups is 1. The predicted octanol–water partition coefficient (Wildman–Crippen LogP) is 0.422. The third kappa shape index (κ3) is 2.67. The summed E-state index contributed by atoms with van der Waals surface area (Å²) >= 11 is 0. The molecule has 0 aliphatic heterocycles. The van der Waals surface area contributed by atoms with Crippen LogP contribution >= 0.6 is 0 Å². The van der Waals surface area contributed by atoms with Gasteiger partial charge in [0.25, 0.3) is 5.56 Å².